The van der Waals surface area contributed by atoms with Crippen LogP contribution >= 0.6 is 11.3 Å². The SMILES string of the molecule is COc1cc2nc(N(CCN(C)C)C(=O)c3cc4ccccc4oc3=O)sc2cc1OC. The molecule has 0 saturated carbocycles. The van der Waals surface area contributed by atoms with E-state index >= 15 is 0 Å². The van der Waals surface area contributed by atoms with Crippen LogP contribution in [-0.2, 0) is 0 Å². The molecule has 0 aliphatic rings. The Hall–Kier alpha value is -3.43. The molecule has 0 N–H and O–H groups in total. The summed E-state index contributed by atoms with van der Waals surface area (Å²) in [5.41, 5.74) is 0.411. The van der Waals surface area contributed by atoms with Crippen LogP contribution in [0.25, 0.3) is 21.2 Å². The van der Waals surface area contributed by atoms with Gasteiger partial charge in [-0.2, -0.15) is 0 Å². The van der Waals surface area contributed by atoms with E-state index in [1.54, 1.807) is 44.6 Å². The molecule has 1 amide bonds. The Bertz CT molecular complexity index is 1300. The lowest BCUT2D eigenvalue weighted by Crippen LogP contribution is -2.38. The Balaban J connectivity index is 1.80. The molecule has 0 bridgehead atoms. The first-order valence-corrected chi connectivity index (χ1v) is 10.7. The van der Waals surface area contributed by atoms with Crippen molar-refractivity contribution in [3.63, 3.8) is 0 Å². The maximum absolute atomic E-state index is 13.5. The van der Waals surface area contributed by atoms with Crippen LogP contribution in [0.1, 0.15) is 10.4 Å². The standard InChI is InChI=1S/C23H23N3O5S/c1-25(2)9-10-26(21(27)15-11-14-7-5-6-8-17(14)31-22(15)28)23-24-16-12-18(29-3)19(30-4)13-20(16)32-23/h5-8,11-13H,9-10H2,1-4H3. The van der Waals surface area contributed by atoms with E-state index in [4.69, 9.17) is 13.9 Å². The van der Waals surface area contributed by atoms with Crippen LogP contribution in [0.4, 0.5) is 5.13 Å². The van der Waals surface area contributed by atoms with Crippen LogP contribution in [0, 0.1) is 0 Å². The number of carbonyl (C=O) groups is 1. The maximum Gasteiger partial charge on any atom is 0.349 e. The summed E-state index contributed by atoms with van der Waals surface area (Å²) < 4.78 is 17.0. The van der Waals surface area contributed by atoms with E-state index in [0.717, 1.165) is 4.70 Å². The number of fused-ring (bicyclic) bond motifs is 2. The average molecular weight is 454 g/mol. The highest BCUT2D eigenvalue weighted by molar-refractivity contribution is 7.22. The van der Waals surface area contributed by atoms with Crippen molar-refractivity contribution >= 4 is 43.6 Å². The topological polar surface area (TPSA) is 85.1 Å². The highest BCUT2D eigenvalue weighted by atomic mass is 32.1. The molecule has 0 spiro atoms. The average Bonchev–Trinajstić information content (AvgIpc) is 3.19. The number of anilines is 1. The summed E-state index contributed by atoms with van der Waals surface area (Å²) in [6.45, 7) is 0.944. The zero-order chi connectivity index (χ0) is 22.8. The normalized spacial score (nSPS) is 11.3. The molecule has 166 valence electrons. The summed E-state index contributed by atoms with van der Waals surface area (Å²) in [6, 6.07) is 12.3. The number of methoxy groups -OCH3 is 2. The number of amides is 1. The van der Waals surface area contributed by atoms with Crippen LogP contribution in [0.15, 0.2) is 51.7 Å². The number of carbonyl (C=O) groups excluding carboxylic acids is 1. The molecule has 0 atom stereocenters. The summed E-state index contributed by atoms with van der Waals surface area (Å²) in [4.78, 5) is 34.3. The molecule has 2 heterocycles. The quantitative estimate of drug-likeness (QED) is 0.395. The van der Waals surface area contributed by atoms with Crippen LogP contribution in [-0.4, -0.2) is 57.2 Å². The number of ether oxygens (including phenoxy) is 2. The Morgan fingerprint density at radius 3 is 2.50 bits per heavy atom. The predicted molar refractivity (Wildman–Crippen MR) is 125 cm³/mol. The molecule has 0 aliphatic carbocycles. The Morgan fingerprint density at radius 2 is 1.78 bits per heavy atom. The van der Waals surface area contributed by atoms with Crippen molar-refractivity contribution in [2.45, 2.75) is 0 Å². The molecular formula is C23H23N3O5S. The van der Waals surface area contributed by atoms with Gasteiger partial charge < -0.3 is 18.8 Å². The minimum atomic E-state index is -0.673. The van der Waals surface area contributed by atoms with Crippen molar-refractivity contribution < 1.29 is 18.7 Å². The third kappa shape index (κ3) is 4.17. The van der Waals surface area contributed by atoms with E-state index in [-0.39, 0.29) is 5.56 Å². The van der Waals surface area contributed by atoms with E-state index in [9.17, 15) is 9.59 Å². The maximum atomic E-state index is 13.5. The summed E-state index contributed by atoms with van der Waals surface area (Å²) in [7, 11) is 6.96. The smallest absolute Gasteiger partial charge is 0.349 e. The first-order valence-electron chi connectivity index (χ1n) is 9.93. The minimum Gasteiger partial charge on any atom is -0.493 e. The van der Waals surface area contributed by atoms with Gasteiger partial charge in [0.1, 0.15) is 11.1 Å². The van der Waals surface area contributed by atoms with E-state index in [2.05, 4.69) is 4.98 Å². The lowest BCUT2D eigenvalue weighted by molar-refractivity contribution is 0.0982. The third-order valence-electron chi connectivity index (χ3n) is 5.00. The van der Waals surface area contributed by atoms with E-state index in [0.29, 0.717) is 46.2 Å². The van der Waals surface area contributed by atoms with Gasteiger partial charge >= 0.3 is 5.63 Å². The van der Waals surface area contributed by atoms with Gasteiger partial charge in [-0.1, -0.05) is 29.5 Å². The van der Waals surface area contributed by atoms with Crippen LogP contribution in [0.3, 0.4) is 0 Å². The molecule has 0 unspecified atom stereocenters. The molecule has 32 heavy (non-hydrogen) atoms. The van der Waals surface area contributed by atoms with Crippen molar-refractivity contribution in [2.24, 2.45) is 0 Å². The fraction of sp³-hybridized carbons (Fsp3) is 0.261. The first kappa shape index (κ1) is 21.8. The zero-order valence-electron chi connectivity index (χ0n) is 18.2. The van der Waals surface area contributed by atoms with Gasteiger partial charge in [0.25, 0.3) is 5.91 Å². The summed E-state index contributed by atoms with van der Waals surface area (Å²) in [5.74, 6) is 0.680. The van der Waals surface area contributed by atoms with Crippen molar-refractivity contribution in [2.75, 3.05) is 46.3 Å². The summed E-state index contributed by atoms with van der Waals surface area (Å²) in [5, 5.41) is 1.16. The van der Waals surface area contributed by atoms with Crippen molar-refractivity contribution in [3.8, 4) is 11.5 Å². The van der Waals surface area contributed by atoms with Gasteiger partial charge in [-0.3, -0.25) is 9.69 Å². The fourth-order valence-electron chi connectivity index (χ4n) is 3.30. The molecule has 8 nitrogen and oxygen atoms in total. The van der Waals surface area contributed by atoms with E-state index in [1.807, 2.05) is 31.1 Å². The number of benzene rings is 2. The highest BCUT2D eigenvalue weighted by Crippen LogP contribution is 2.37. The van der Waals surface area contributed by atoms with Crippen molar-refractivity contribution in [1.29, 1.82) is 0 Å². The van der Waals surface area contributed by atoms with Gasteiger partial charge in [0, 0.05) is 30.6 Å². The molecule has 0 saturated heterocycles. The Kier molecular flexibility index (Phi) is 6.11. The monoisotopic (exact) mass is 453 g/mol. The van der Waals surface area contributed by atoms with Gasteiger partial charge in [0.15, 0.2) is 16.6 Å². The number of thiazole rings is 1. The molecule has 0 aliphatic heterocycles. The number of hydrogen-bond donors (Lipinski definition) is 0. The lowest BCUT2D eigenvalue weighted by atomic mass is 10.1. The summed E-state index contributed by atoms with van der Waals surface area (Å²) >= 11 is 1.35. The number of hydrogen-bond acceptors (Lipinski definition) is 8. The van der Waals surface area contributed by atoms with Crippen molar-refractivity contribution in [1.82, 2.24) is 9.88 Å². The van der Waals surface area contributed by atoms with Crippen LogP contribution in [0.2, 0.25) is 0 Å². The number of aromatic nitrogens is 1. The number of para-hydroxylation sites is 1. The third-order valence-corrected chi connectivity index (χ3v) is 6.04. The Labute approximate surface area is 188 Å². The molecule has 2 aromatic heterocycles. The number of nitrogens with zero attached hydrogens (tertiary/aromatic N) is 3. The largest absolute Gasteiger partial charge is 0.493 e. The zero-order valence-corrected chi connectivity index (χ0v) is 19.1. The van der Waals surface area contributed by atoms with E-state index in [1.165, 1.54) is 16.2 Å². The number of rotatable bonds is 7. The minimum absolute atomic E-state index is 0.0307. The second-order valence-corrected chi connectivity index (χ2v) is 8.43. The highest BCUT2D eigenvalue weighted by Gasteiger charge is 2.25. The molecule has 4 rings (SSSR count). The van der Waals surface area contributed by atoms with Gasteiger partial charge in [0.05, 0.1) is 24.4 Å². The molecule has 4 aromatic rings. The molecule has 9 heteroatoms. The van der Waals surface area contributed by atoms with E-state index < -0.39 is 11.5 Å². The first-order chi connectivity index (χ1) is 15.4. The van der Waals surface area contributed by atoms with Gasteiger partial charge in [-0.15, -0.1) is 0 Å². The Morgan fingerprint density at radius 1 is 1.06 bits per heavy atom. The van der Waals surface area contributed by atoms with Crippen LogP contribution in [0.5, 0.6) is 11.5 Å². The second kappa shape index (κ2) is 8.97. The van der Waals surface area contributed by atoms with Crippen molar-refractivity contribution in [3.05, 3.63) is 58.4 Å². The summed E-state index contributed by atoms with van der Waals surface area (Å²) in [6.07, 6.45) is 0. The van der Waals surface area contributed by atoms with Gasteiger partial charge in [-0.25, -0.2) is 9.78 Å². The predicted octanol–water partition coefficient (Wildman–Crippen LogP) is 3.63. The number of likely N-dealkylation sites (N-methyl/N-ethyl adjacent to an activating group) is 1. The van der Waals surface area contributed by atoms with Gasteiger partial charge in [0.2, 0.25) is 0 Å². The molecule has 0 fully saturated rings. The van der Waals surface area contributed by atoms with Gasteiger partial charge in [-0.05, 0) is 26.2 Å². The van der Waals surface area contributed by atoms with Crippen LogP contribution < -0.4 is 20.0 Å². The molecule has 2 aromatic carbocycles. The lowest BCUT2D eigenvalue weighted by Gasteiger charge is -2.21. The fourth-order valence-corrected chi connectivity index (χ4v) is 4.30. The second-order valence-electron chi connectivity index (χ2n) is 7.42. The molecular weight excluding hydrogens is 430 g/mol. The molecule has 0 radical (unpaired) electrons.